The van der Waals surface area contributed by atoms with Gasteiger partial charge in [-0.1, -0.05) is 30.3 Å². The van der Waals surface area contributed by atoms with Crippen molar-refractivity contribution in [3.8, 4) is 11.5 Å². The molecule has 3 aromatic rings. The highest BCUT2D eigenvalue weighted by atomic mass is 19.4. The summed E-state index contributed by atoms with van der Waals surface area (Å²) in [5, 5.41) is 0. The lowest BCUT2D eigenvalue weighted by Gasteiger charge is -2.14. The highest BCUT2D eigenvalue weighted by Crippen LogP contribution is 2.32. The second-order valence-corrected chi connectivity index (χ2v) is 6.57. The van der Waals surface area contributed by atoms with Gasteiger partial charge < -0.3 is 9.47 Å². The fraction of sp³-hybridized carbons (Fsp3) is 0.182. The second kappa shape index (κ2) is 8.87. The molecule has 0 N–H and O–H groups in total. The van der Waals surface area contributed by atoms with Crippen LogP contribution in [0.3, 0.4) is 0 Å². The largest absolute Gasteiger partial charge is 0.573 e. The topological polar surface area (TPSA) is 18.5 Å². The van der Waals surface area contributed by atoms with Crippen molar-refractivity contribution < 1.29 is 40.2 Å². The molecule has 0 saturated carbocycles. The van der Waals surface area contributed by atoms with E-state index in [1.807, 2.05) is 0 Å². The fourth-order valence-corrected chi connectivity index (χ4v) is 2.88. The Morgan fingerprint density at radius 3 is 2.19 bits per heavy atom. The summed E-state index contributed by atoms with van der Waals surface area (Å²) in [6.07, 6.45) is -9.60. The molecule has 0 amide bonds. The summed E-state index contributed by atoms with van der Waals surface area (Å²) in [5.74, 6) is -0.936. The molecule has 0 bridgehead atoms. The molecule has 164 valence electrons. The molecule has 2 nitrogen and oxygen atoms in total. The summed E-state index contributed by atoms with van der Waals surface area (Å²) >= 11 is 0. The maximum Gasteiger partial charge on any atom is 0.573 e. The van der Waals surface area contributed by atoms with Crippen LogP contribution in [0.25, 0.3) is 0 Å². The standard InChI is InChI=1S/C22H15F7O2/c23-19-9-8-17(21(24,25)26)12-16(19)11-15-5-1-2-7-20(15)30-13-14-4-3-6-18(10-14)31-22(27,28)29/h1-10,12H,11,13H2. The zero-order valence-electron chi connectivity index (χ0n) is 15.7. The van der Waals surface area contributed by atoms with Gasteiger partial charge in [0.15, 0.2) is 0 Å². The fourth-order valence-electron chi connectivity index (χ4n) is 2.88. The molecular formula is C22H15F7O2. The maximum atomic E-state index is 14.1. The molecule has 9 heteroatoms. The van der Waals surface area contributed by atoms with Gasteiger partial charge in [-0.3, -0.25) is 0 Å². The molecule has 0 aromatic heterocycles. The molecule has 0 saturated heterocycles. The van der Waals surface area contributed by atoms with E-state index in [0.717, 1.165) is 24.3 Å². The Bertz CT molecular complexity index is 1040. The summed E-state index contributed by atoms with van der Waals surface area (Å²) in [7, 11) is 0. The Morgan fingerprint density at radius 2 is 1.48 bits per heavy atom. The van der Waals surface area contributed by atoms with Crippen molar-refractivity contribution in [3.63, 3.8) is 0 Å². The minimum atomic E-state index is -4.83. The lowest BCUT2D eigenvalue weighted by atomic mass is 10.0. The van der Waals surface area contributed by atoms with Crippen LogP contribution in [-0.4, -0.2) is 6.36 Å². The Balaban J connectivity index is 1.77. The number of hydrogen-bond acceptors (Lipinski definition) is 2. The first-order chi connectivity index (χ1) is 14.5. The second-order valence-electron chi connectivity index (χ2n) is 6.57. The Morgan fingerprint density at radius 1 is 0.742 bits per heavy atom. The van der Waals surface area contributed by atoms with Crippen molar-refractivity contribution in [2.75, 3.05) is 0 Å². The predicted octanol–water partition coefficient (Wildman–Crippen LogP) is 6.91. The molecule has 3 aromatic carbocycles. The van der Waals surface area contributed by atoms with E-state index >= 15 is 0 Å². The number of halogens is 7. The van der Waals surface area contributed by atoms with E-state index in [2.05, 4.69) is 4.74 Å². The van der Waals surface area contributed by atoms with Crippen molar-refractivity contribution in [1.82, 2.24) is 0 Å². The third-order valence-corrected chi connectivity index (χ3v) is 4.25. The molecule has 31 heavy (non-hydrogen) atoms. The van der Waals surface area contributed by atoms with Crippen LogP contribution in [0.2, 0.25) is 0 Å². The average Bonchev–Trinajstić information content (AvgIpc) is 2.67. The summed E-state index contributed by atoms with van der Waals surface area (Å²) in [6.45, 7) is -0.128. The lowest BCUT2D eigenvalue weighted by molar-refractivity contribution is -0.274. The zero-order valence-corrected chi connectivity index (χ0v) is 15.7. The minimum Gasteiger partial charge on any atom is -0.489 e. The van der Waals surface area contributed by atoms with Crippen molar-refractivity contribution >= 4 is 0 Å². The van der Waals surface area contributed by atoms with E-state index in [0.29, 0.717) is 17.2 Å². The first-order valence-electron chi connectivity index (χ1n) is 8.92. The van der Waals surface area contributed by atoms with E-state index in [4.69, 9.17) is 4.74 Å². The summed E-state index contributed by atoms with van der Waals surface area (Å²) < 4.78 is 99.5. The van der Waals surface area contributed by atoms with E-state index < -0.39 is 29.7 Å². The van der Waals surface area contributed by atoms with Crippen molar-refractivity contribution in [3.05, 3.63) is 94.8 Å². The summed E-state index contributed by atoms with van der Waals surface area (Å²) in [6, 6.07) is 13.7. The van der Waals surface area contributed by atoms with Gasteiger partial charge in [0, 0.05) is 6.42 Å². The smallest absolute Gasteiger partial charge is 0.489 e. The molecule has 0 fully saturated rings. The molecule has 0 unspecified atom stereocenters. The van der Waals surface area contributed by atoms with Crippen LogP contribution in [-0.2, 0) is 19.2 Å². The lowest BCUT2D eigenvalue weighted by Crippen LogP contribution is -2.17. The van der Waals surface area contributed by atoms with Crippen LogP contribution in [0, 0.1) is 5.82 Å². The van der Waals surface area contributed by atoms with Crippen molar-refractivity contribution in [1.29, 1.82) is 0 Å². The highest BCUT2D eigenvalue weighted by molar-refractivity contribution is 5.39. The van der Waals surface area contributed by atoms with Crippen LogP contribution in [0.4, 0.5) is 30.7 Å². The van der Waals surface area contributed by atoms with Crippen molar-refractivity contribution in [2.24, 2.45) is 0 Å². The molecule has 3 rings (SSSR count). The van der Waals surface area contributed by atoms with Crippen LogP contribution in [0.1, 0.15) is 22.3 Å². The van der Waals surface area contributed by atoms with Crippen molar-refractivity contribution in [2.45, 2.75) is 25.6 Å². The monoisotopic (exact) mass is 444 g/mol. The van der Waals surface area contributed by atoms with E-state index in [9.17, 15) is 30.7 Å². The van der Waals surface area contributed by atoms with Gasteiger partial charge in [0.05, 0.1) is 5.56 Å². The van der Waals surface area contributed by atoms with Crippen LogP contribution in [0.15, 0.2) is 66.7 Å². The van der Waals surface area contributed by atoms with E-state index in [-0.39, 0.29) is 24.3 Å². The van der Waals surface area contributed by atoms with Gasteiger partial charge in [0.25, 0.3) is 0 Å². The van der Waals surface area contributed by atoms with Gasteiger partial charge >= 0.3 is 12.5 Å². The van der Waals surface area contributed by atoms with Crippen LogP contribution < -0.4 is 9.47 Å². The van der Waals surface area contributed by atoms with E-state index in [1.54, 1.807) is 18.2 Å². The molecule has 0 radical (unpaired) electrons. The van der Waals surface area contributed by atoms with Gasteiger partial charge in [0.2, 0.25) is 0 Å². The first-order valence-corrected chi connectivity index (χ1v) is 8.92. The number of benzene rings is 3. The number of ether oxygens (including phenoxy) is 2. The van der Waals surface area contributed by atoms with Gasteiger partial charge in [-0.25, -0.2) is 4.39 Å². The normalized spacial score (nSPS) is 12.0. The SMILES string of the molecule is Fc1ccc(C(F)(F)F)cc1Cc1ccccc1OCc1cccc(OC(F)(F)F)c1. The molecular weight excluding hydrogens is 429 g/mol. The quantitative estimate of drug-likeness (QED) is 0.385. The molecule has 0 spiro atoms. The Hall–Kier alpha value is -3.23. The highest BCUT2D eigenvalue weighted by Gasteiger charge is 2.32. The Kier molecular flexibility index (Phi) is 6.42. The van der Waals surface area contributed by atoms with Gasteiger partial charge in [0.1, 0.15) is 23.9 Å². The molecule has 0 aliphatic heterocycles. The van der Waals surface area contributed by atoms with Gasteiger partial charge in [-0.2, -0.15) is 13.2 Å². The van der Waals surface area contributed by atoms with E-state index in [1.165, 1.54) is 18.2 Å². The van der Waals surface area contributed by atoms with Crippen LogP contribution in [0.5, 0.6) is 11.5 Å². The minimum absolute atomic E-state index is 0.128. The summed E-state index contributed by atoms with van der Waals surface area (Å²) in [4.78, 5) is 0. The molecule has 0 aliphatic carbocycles. The maximum absolute atomic E-state index is 14.1. The number of rotatable bonds is 6. The summed E-state index contributed by atoms with van der Waals surface area (Å²) in [5.41, 5.74) is -0.333. The Labute approximate surface area is 172 Å². The first kappa shape index (κ1) is 22.5. The molecule has 0 aliphatic rings. The third kappa shape index (κ3) is 6.37. The van der Waals surface area contributed by atoms with Gasteiger partial charge in [-0.05, 0) is 53.1 Å². The average molecular weight is 444 g/mol. The zero-order chi connectivity index (χ0) is 22.6. The molecule has 0 atom stereocenters. The number of alkyl halides is 6. The van der Waals surface area contributed by atoms with Gasteiger partial charge in [-0.15, -0.1) is 13.2 Å². The van der Waals surface area contributed by atoms with Crippen LogP contribution >= 0.6 is 0 Å². The predicted molar refractivity (Wildman–Crippen MR) is 98.1 cm³/mol. The molecule has 0 heterocycles. The number of para-hydroxylation sites is 1. The number of hydrogen-bond donors (Lipinski definition) is 0. The third-order valence-electron chi connectivity index (χ3n) is 4.25.